The van der Waals surface area contributed by atoms with E-state index in [2.05, 4.69) is 27.5 Å². The number of anilines is 3. The highest BCUT2D eigenvalue weighted by atomic mass is 15.1. The molecule has 0 amide bonds. The number of nitrogens with zero attached hydrogens (tertiary/aromatic N) is 4. The first-order valence-corrected chi connectivity index (χ1v) is 6.54. The maximum atomic E-state index is 9.01. The molecule has 1 heterocycles. The lowest BCUT2D eigenvalue weighted by Crippen LogP contribution is -2.04. The zero-order valence-corrected chi connectivity index (χ0v) is 11.6. The van der Waals surface area contributed by atoms with Crippen LogP contribution >= 0.6 is 0 Å². The summed E-state index contributed by atoms with van der Waals surface area (Å²) in [6.07, 6.45) is 4.25. The van der Waals surface area contributed by atoms with Gasteiger partial charge in [0.15, 0.2) is 5.82 Å². The highest BCUT2D eigenvalue weighted by molar-refractivity contribution is 5.62. The first-order valence-electron chi connectivity index (χ1n) is 6.54. The Morgan fingerprint density at radius 2 is 1.86 bits per heavy atom. The van der Waals surface area contributed by atoms with Gasteiger partial charge < -0.3 is 10.6 Å². The quantitative estimate of drug-likeness (QED) is 0.872. The second-order valence-corrected chi connectivity index (χ2v) is 4.33. The highest BCUT2D eigenvalue weighted by Gasteiger charge is 2.04. The lowest BCUT2D eigenvalue weighted by Gasteiger charge is -2.08. The average Bonchev–Trinajstić information content (AvgIpc) is 2.53. The molecule has 2 rings (SSSR count). The molecule has 1 aromatic heterocycles. The number of aromatic nitrogens is 2. The largest absolute Gasteiger partial charge is 0.369 e. The maximum Gasteiger partial charge on any atom is 0.151 e. The van der Waals surface area contributed by atoms with Gasteiger partial charge in [0.25, 0.3) is 0 Å². The Morgan fingerprint density at radius 1 is 1.10 bits per heavy atom. The third-order valence-corrected chi connectivity index (χ3v) is 2.72. The minimum atomic E-state index is 0.329. The number of hydrogen-bond donors (Lipinski definition) is 2. The van der Waals surface area contributed by atoms with Gasteiger partial charge in [0.1, 0.15) is 18.0 Å². The molecule has 0 radical (unpaired) electrons. The Hall–Kier alpha value is -3.12. The van der Waals surface area contributed by atoms with Gasteiger partial charge in [-0.15, -0.1) is 0 Å². The van der Waals surface area contributed by atoms with Crippen LogP contribution in [0, 0.1) is 22.7 Å². The van der Waals surface area contributed by atoms with Crippen LogP contribution in [0.1, 0.15) is 24.5 Å². The summed E-state index contributed by atoms with van der Waals surface area (Å²) in [6.45, 7) is 2.90. The van der Waals surface area contributed by atoms with Crippen LogP contribution in [0.15, 0.2) is 30.6 Å². The van der Waals surface area contributed by atoms with Gasteiger partial charge in [-0.3, -0.25) is 4.98 Å². The van der Waals surface area contributed by atoms with Crippen LogP contribution in [0.25, 0.3) is 0 Å². The van der Waals surface area contributed by atoms with Crippen LogP contribution in [-0.2, 0) is 0 Å². The van der Waals surface area contributed by atoms with Crippen molar-refractivity contribution in [3.63, 3.8) is 0 Å². The standard InChI is InChI=1S/C15H14N6/c1-2-5-19-14-9-18-10-15(21-14)20-13-4-3-11(7-16)12(6-13)8-17/h3-4,6,9-10H,2,5H2,1H3,(H2,19,20,21). The van der Waals surface area contributed by atoms with Gasteiger partial charge in [-0.05, 0) is 24.6 Å². The van der Waals surface area contributed by atoms with Crippen molar-refractivity contribution in [1.29, 1.82) is 10.5 Å². The van der Waals surface area contributed by atoms with Crippen molar-refractivity contribution < 1.29 is 0 Å². The molecular weight excluding hydrogens is 264 g/mol. The Morgan fingerprint density at radius 3 is 2.57 bits per heavy atom. The van der Waals surface area contributed by atoms with Crippen molar-refractivity contribution in [3.05, 3.63) is 41.7 Å². The molecular formula is C15H14N6. The summed E-state index contributed by atoms with van der Waals surface area (Å²) in [4.78, 5) is 8.48. The van der Waals surface area contributed by atoms with E-state index < -0.39 is 0 Å². The molecule has 6 nitrogen and oxygen atoms in total. The number of benzene rings is 1. The van der Waals surface area contributed by atoms with Crippen molar-refractivity contribution in [3.8, 4) is 12.1 Å². The van der Waals surface area contributed by atoms with Crippen LogP contribution in [0.5, 0.6) is 0 Å². The van der Waals surface area contributed by atoms with E-state index in [0.29, 0.717) is 28.5 Å². The van der Waals surface area contributed by atoms with Gasteiger partial charge >= 0.3 is 0 Å². The molecule has 1 aromatic carbocycles. The summed E-state index contributed by atoms with van der Waals surface area (Å²) >= 11 is 0. The molecule has 0 atom stereocenters. The van der Waals surface area contributed by atoms with E-state index in [1.165, 1.54) is 0 Å². The first kappa shape index (κ1) is 14.3. The fourth-order valence-electron chi connectivity index (χ4n) is 1.72. The Labute approximate surface area is 123 Å². The summed E-state index contributed by atoms with van der Waals surface area (Å²) in [6, 6.07) is 8.93. The molecule has 0 bridgehead atoms. The molecule has 104 valence electrons. The molecule has 0 aliphatic carbocycles. The number of rotatable bonds is 5. The predicted molar refractivity (Wildman–Crippen MR) is 80.0 cm³/mol. The molecule has 21 heavy (non-hydrogen) atoms. The fraction of sp³-hybridized carbons (Fsp3) is 0.200. The zero-order chi connectivity index (χ0) is 15.1. The molecule has 0 fully saturated rings. The van der Waals surface area contributed by atoms with Crippen molar-refractivity contribution in [2.24, 2.45) is 0 Å². The third kappa shape index (κ3) is 3.68. The molecule has 0 aliphatic rings. The number of nitriles is 2. The molecule has 0 spiro atoms. The van der Waals surface area contributed by atoms with E-state index >= 15 is 0 Å². The van der Waals surface area contributed by atoms with E-state index in [0.717, 1.165) is 13.0 Å². The Bertz CT molecular complexity index is 711. The van der Waals surface area contributed by atoms with Crippen LogP contribution in [0.4, 0.5) is 17.3 Å². The number of hydrogen-bond acceptors (Lipinski definition) is 6. The SMILES string of the molecule is CCCNc1cncc(Nc2ccc(C#N)c(C#N)c2)n1. The topological polar surface area (TPSA) is 97.4 Å². The van der Waals surface area contributed by atoms with Crippen LogP contribution in [0.3, 0.4) is 0 Å². The van der Waals surface area contributed by atoms with Crippen molar-refractivity contribution in [2.75, 3.05) is 17.2 Å². The van der Waals surface area contributed by atoms with Crippen molar-refractivity contribution >= 4 is 17.3 Å². The minimum Gasteiger partial charge on any atom is -0.369 e. The molecule has 0 aliphatic heterocycles. The highest BCUT2D eigenvalue weighted by Crippen LogP contribution is 2.19. The van der Waals surface area contributed by atoms with E-state index in [4.69, 9.17) is 10.5 Å². The van der Waals surface area contributed by atoms with Gasteiger partial charge in [0.05, 0.1) is 23.5 Å². The van der Waals surface area contributed by atoms with E-state index in [-0.39, 0.29) is 0 Å². The average molecular weight is 278 g/mol. The summed E-state index contributed by atoms with van der Waals surface area (Å²) in [5.74, 6) is 1.26. The van der Waals surface area contributed by atoms with Gasteiger partial charge in [-0.2, -0.15) is 10.5 Å². The van der Waals surface area contributed by atoms with E-state index in [1.54, 1.807) is 30.6 Å². The Balaban J connectivity index is 2.19. The molecule has 2 aromatic rings. The van der Waals surface area contributed by atoms with Crippen molar-refractivity contribution in [2.45, 2.75) is 13.3 Å². The van der Waals surface area contributed by atoms with Gasteiger partial charge in [-0.25, -0.2) is 4.98 Å². The third-order valence-electron chi connectivity index (χ3n) is 2.72. The Kier molecular flexibility index (Phi) is 4.68. The molecule has 0 unspecified atom stereocenters. The lowest BCUT2D eigenvalue weighted by molar-refractivity contribution is 0.965. The van der Waals surface area contributed by atoms with Crippen molar-refractivity contribution in [1.82, 2.24) is 9.97 Å². The summed E-state index contributed by atoms with van der Waals surface area (Å²) < 4.78 is 0. The second kappa shape index (κ2) is 6.88. The van der Waals surface area contributed by atoms with Crippen LogP contribution in [-0.4, -0.2) is 16.5 Å². The molecule has 0 saturated heterocycles. The van der Waals surface area contributed by atoms with E-state index in [9.17, 15) is 0 Å². The van der Waals surface area contributed by atoms with Gasteiger partial charge in [0.2, 0.25) is 0 Å². The predicted octanol–water partition coefficient (Wildman–Crippen LogP) is 2.79. The molecule has 2 N–H and O–H groups in total. The van der Waals surface area contributed by atoms with E-state index in [1.807, 2.05) is 12.1 Å². The smallest absolute Gasteiger partial charge is 0.151 e. The summed E-state index contributed by atoms with van der Waals surface area (Å²) in [5, 5.41) is 24.1. The van der Waals surface area contributed by atoms with Gasteiger partial charge in [0, 0.05) is 12.2 Å². The second-order valence-electron chi connectivity index (χ2n) is 4.33. The van der Waals surface area contributed by atoms with Crippen LogP contribution < -0.4 is 10.6 Å². The summed E-state index contributed by atoms with van der Waals surface area (Å²) in [5.41, 5.74) is 1.37. The normalized spacial score (nSPS) is 9.48. The zero-order valence-electron chi connectivity index (χ0n) is 11.6. The first-order chi connectivity index (χ1) is 10.3. The monoisotopic (exact) mass is 278 g/mol. The molecule has 6 heteroatoms. The summed E-state index contributed by atoms with van der Waals surface area (Å²) in [7, 11) is 0. The molecule has 0 saturated carbocycles. The minimum absolute atomic E-state index is 0.329. The van der Waals surface area contributed by atoms with Crippen LogP contribution in [0.2, 0.25) is 0 Å². The number of nitrogens with one attached hydrogen (secondary N) is 2. The fourth-order valence-corrected chi connectivity index (χ4v) is 1.72. The maximum absolute atomic E-state index is 9.01. The lowest BCUT2D eigenvalue weighted by atomic mass is 10.1. The van der Waals surface area contributed by atoms with Gasteiger partial charge in [-0.1, -0.05) is 6.92 Å².